The van der Waals surface area contributed by atoms with Gasteiger partial charge in [0.15, 0.2) is 0 Å². The Kier molecular flexibility index (Phi) is 5.21. The SMILES string of the molecule is Cc1ccccc1[C@@H](CC(=O)O)NC(=O)[C@H]1CC(=O)Nc2cc(F)ccc21. The lowest BCUT2D eigenvalue weighted by molar-refractivity contribution is -0.138. The van der Waals surface area contributed by atoms with E-state index in [0.29, 0.717) is 11.1 Å². The van der Waals surface area contributed by atoms with E-state index in [1.165, 1.54) is 18.2 Å². The van der Waals surface area contributed by atoms with Gasteiger partial charge in [0.1, 0.15) is 5.82 Å². The molecule has 0 aromatic heterocycles. The van der Waals surface area contributed by atoms with E-state index in [9.17, 15) is 23.9 Å². The van der Waals surface area contributed by atoms with Gasteiger partial charge in [-0.15, -0.1) is 0 Å². The Labute approximate surface area is 155 Å². The van der Waals surface area contributed by atoms with Crippen LogP contribution in [0.5, 0.6) is 0 Å². The molecule has 0 unspecified atom stereocenters. The molecule has 2 amide bonds. The maximum absolute atomic E-state index is 13.5. The highest BCUT2D eigenvalue weighted by Crippen LogP contribution is 2.33. The topological polar surface area (TPSA) is 95.5 Å². The molecule has 2 aromatic rings. The third-order valence-corrected chi connectivity index (χ3v) is 4.63. The van der Waals surface area contributed by atoms with Crippen LogP contribution in [0.4, 0.5) is 10.1 Å². The minimum Gasteiger partial charge on any atom is -0.481 e. The lowest BCUT2D eigenvalue weighted by Gasteiger charge is -2.27. The molecular formula is C20H19FN2O4. The predicted octanol–water partition coefficient (Wildman–Crippen LogP) is 2.89. The Morgan fingerprint density at radius 3 is 2.74 bits per heavy atom. The van der Waals surface area contributed by atoms with E-state index in [4.69, 9.17) is 0 Å². The number of aryl methyl sites for hydroxylation is 1. The van der Waals surface area contributed by atoms with Gasteiger partial charge in [0.2, 0.25) is 11.8 Å². The minimum absolute atomic E-state index is 0.0853. The molecule has 0 spiro atoms. The molecule has 140 valence electrons. The largest absolute Gasteiger partial charge is 0.481 e. The molecule has 0 saturated carbocycles. The number of carbonyl (C=O) groups is 3. The molecule has 27 heavy (non-hydrogen) atoms. The minimum atomic E-state index is -1.05. The van der Waals surface area contributed by atoms with E-state index in [0.717, 1.165) is 5.56 Å². The lowest BCUT2D eigenvalue weighted by atomic mass is 9.89. The first-order chi connectivity index (χ1) is 12.8. The van der Waals surface area contributed by atoms with Crippen LogP contribution in [-0.2, 0) is 14.4 Å². The summed E-state index contributed by atoms with van der Waals surface area (Å²) in [6.45, 7) is 1.84. The number of hydrogen-bond acceptors (Lipinski definition) is 3. The van der Waals surface area contributed by atoms with Crippen molar-refractivity contribution in [2.75, 3.05) is 5.32 Å². The van der Waals surface area contributed by atoms with Gasteiger partial charge in [-0.3, -0.25) is 14.4 Å². The quantitative estimate of drug-likeness (QED) is 0.754. The lowest BCUT2D eigenvalue weighted by Crippen LogP contribution is -2.38. The first-order valence-electron chi connectivity index (χ1n) is 8.52. The normalized spacial score (nSPS) is 16.8. The first-order valence-corrected chi connectivity index (χ1v) is 8.52. The molecule has 6 nitrogen and oxygen atoms in total. The van der Waals surface area contributed by atoms with E-state index < -0.39 is 29.7 Å². The Morgan fingerprint density at radius 2 is 2.04 bits per heavy atom. The number of nitrogens with one attached hydrogen (secondary N) is 2. The first kappa shape index (κ1) is 18.6. The Balaban J connectivity index is 1.89. The summed E-state index contributed by atoms with van der Waals surface area (Å²) in [5.74, 6) is -3.23. The smallest absolute Gasteiger partial charge is 0.305 e. The van der Waals surface area contributed by atoms with Crippen molar-refractivity contribution in [2.45, 2.75) is 31.7 Å². The van der Waals surface area contributed by atoms with Crippen LogP contribution in [0.25, 0.3) is 0 Å². The van der Waals surface area contributed by atoms with E-state index in [2.05, 4.69) is 10.6 Å². The van der Waals surface area contributed by atoms with Crippen molar-refractivity contribution in [1.82, 2.24) is 5.32 Å². The Bertz CT molecular complexity index is 913. The number of carboxylic acid groups (broad SMARTS) is 1. The fraction of sp³-hybridized carbons (Fsp3) is 0.250. The molecule has 1 aliphatic rings. The number of amides is 2. The summed E-state index contributed by atoms with van der Waals surface area (Å²) in [7, 11) is 0. The maximum Gasteiger partial charge on any atom is 0.305 e. The standard InChI is InChI=1S/C20H19FN2O4/c1-11-4-2-3-5-13(11)17(10-19(25)26)23-20(27)15-9-18(24)22-16-8-12(21)6-7-14(15)16/h2-8,15,17H,9-10H2,1H3,(H,22,24)(H,23,27)(H,25,26)/t15-,17+/m0/s1. The Hall–Kier alpha value is -3.22. The van der Waals surface area contributed by atoms with Crippen molar-refractivity contribution >= 4 is 23.5 Å². The van der Waals surface area contributed by atoms with Crippen molar-refractivity contribution in [3.63, 3.8) is 0 Å². The second-order valence-corrected chi connectivity index (χ2v) is 6.55. The number of benzene rings is 2. The third-order valence-electron chi connectivity index (χ3n) is 4.63. The van der Waals surface area contributed by atoms with Crippen LogP contribution in [0.15, 0.2) is 42.5 Å². The second-order valence-electron chi connectivity index (χ2n) is 6.55. The summed E-state index contributed by atoms with van der Waals surface area (Å²) in [4.78, 5) is 36.1. The number of carbonyl (C=O) groups excluding carboxylic acids is 2. The molecule has 2 aromatic carbocycles. The van der Waals surface area contributed by atoms with E-state index >= 15 is 0 Å². The molecule has 3 rings (SSSR count). The Morgan fingerprint density at radius 1 is 1.30 bits per heavy atom. The molecule has 0 radical (unpaired) electrons. The van der Waals surface area contributed by atoms with E-state index in [1.807, 2.05) is 19.1 Å². The predicted molar refractivity (Wildman–Crippen MR) is 96.7 cm³/mol. The van der Waals surface area contributed by atoms with E-state index in [-0.39, 0.29) is 24.4 Å². The molecule has 1 aliphatic heterocycles. The molecule has 0 bridgehead atoms. The summed E-state index contributed by atoms with van der Waals surface area (Å²) >= 11 is 0. The zero-order valence-electron chi connectivity index (χ0n) is 14.7. The van der Waals surface area contributed by atoms with Crippen molar-refractivity contribution in [3.05, 3.63) is 65.0 Å². The third kappa shape index (κ3) is 4.13. The zero-order valence-corrected chi connectivity index (χ0v) is 14.7. The van der Waals surface area contributed by atoms with Gasteiger partial charge in [0.25, 0.3) is 0 Å². The van der Waals surface area contributed by atoms with Crippen molar-refractivity contribution in [3.8, 4) is 0 Å². The highest BCUT2D eigenvalue weighted by molar-refractivity contribution is 6.01. The fourth-order valence-electron chi connectivity index (χ4n) is 3.33. The van der Waals surface area contributed by atoms with Gasteiger partial charge in [0, 0.05) is 12.1 Å². The van der Waals surface area contributed by atoms with Gasteiger partial charge < -0.3 is 15.7 Å². The number of fused-ring (bicyclic) bond motifs is 1. The summed E-state index contributed by atoms with van der Waals surface area (Å²) in [5, 5.41) is 14.5. The van der Waals surface area contributed by atoms with Gasteiger partial charge in [-0.1, -0.05) is 30.3 Å². The summed E-state index contributed by atoms with van der Waals surface area (Å²) in [5.41, 5.74) is 2.32. The van der Waals surface area contributed by atoms with Crippen LogP contribution in [0, 0.1) is 12.7 Å². The number of hydrogen-bond donors (Lipinski definition) is 3. The van der Waals surface area contributed by atoms with Gasteiger partial charge in [-0.25, -0.2) is 4.39 Å². The fourth-order valence-corrected chi connectivity index (χ4v) is 3.33. The molecule has 2 atom stereocenters. The van der Waals surface area contributed by atoms with Crippen LogP contribution in [0.3, 0.4) is 0 Å². The molecular weight excluding hydrogens is 351 g/mol. The molecule has 0 aliphatic carbocycles. The molecule has 7 heteroatoms. The molecule has 1 heterocycles. The average Bonchev–Trinajstić information content (AvgIpc) is 2.60. The van der Waals surface area contributed by atoms with Gasteiger partial charge in [0.05, 0.1) is 18.4 Å². The van der Waals surface area contributed by atoms with Crippen molar-refractivity contribution in [2.24, 2.45) is 0 Å². The van der Waals surface area contributed by atoms with Crippen LogP contribution in [0.2, 0.25) is 0 Å². The van der Waals surface area contributed by atoms with Crippen LogP contribution in [0.1, 0.15) is 41.5 Å². The molecule has 3 N–H and O–H groups in total. The van der Waals surface area contributed by atoms with Crippen molar-refractivity contribution < 1.29 is 23.9 Å². The average molecular weight is 370 g/mol. The summed E-state index contributed by atoms with van der Waals surface area (Å²) in [6, 6.07) is 10.3. The van der Waals surface area contributed by atoms with Crippen molar-refractivity contribution in [1.29, 1.82) is 0 Å². The molecule has 0 saturated heterocycles. The monoisotopic (exact) mass is 370 g/mol. The second kappa shape index (κ2) is 7.57. The summed E-state index contributed by atoms with van der Waals surface area (Å²) in [6.07, 6.45) is -0.371. The highest BCUT2D eigenvalue weighted by atomic mass is 19.1. The van der Waals surface area contributed by atoms with Crippen LogP contribution in [-0.4, -0.2) is 22.9 Å². The highest BCUT2D eigenvalue weighted by Gasteiger charge is 2.32. The number of aliphatic carboxylic acids is 1. The van der Waals surface area contributed by atoms with Crippen LogP contribution < -0.4 is 10.6 Å². The number of halogens is 1. The number of rotatable bonds is 5. The summed E-state index contributed by atoms with van der Waals surface area (Å²) < 4.78 is 13.5. The number of anilines is 1. The number of carboxylic acids is 1. The van der Waals surface area contributed by atoms with Gasteiger partial charge >= 0.3 is 5.97 Å². The van der Waals surface area contributed by atoms with Crippen LogP contribution >= 0.6 is 0 Å². The van der Waals surface area contributed by atoms with Gasteiger partial charge in [-0.05, 0) is 35.7 Å². The molecule has 0 fully saturated rings. The van der Waals surface area contributed by atoms with Gasteiger partial charge in [-0.2, -0.15) is 0 Å². The van der Waals surface area contributed by atoms with E-state index in [1.54, 1.807) is 12.1 Å². The zero-order chi connectivity index (χ0) is 19.6. The maximum atomic E-state index is 13.5.